The van der Waals surface area contributed by atoms with Gasteiger partial charge in [0.15, 0.2) is 0 Å². The highest BCUT2D eigenvalue weighted by molar-refractivity contribution is 7.89. The predicted molar refractivity (Wildman–Crippen MR) is 120 cm³/mol. The number of rotatable bonds is 6. The zero-order valence-electron chi connectivity index (χ0n) is 18.3. The monoisotopic (exact) mass is 477 g/mol. The number of carbonyl (C=O) groups is 1. The Morgan fingerprint density at radius 2 is 1.48 bits per heavy atom. The van der Waals surface area contributed by atoms with Crippen LogP contribution in [0.15, 0.2) is 41.3 Å². The maximum atomic E-state index is 13.1. The largest absolute Gasteiger partial charge is 0.377 e. The SMILES string of the molecule is Cc1ccc([N+](=O)[O-])cc1S(=O)(=O)N1CCN(C(=O)c2cc([N+](=O)[O-])ccc2N(C)C)CC1. The third-order valence-electron chi connectivity index (χ3n) is 5.43. The summed E-state index contributed by atoms with van der Waals surface area (Å²) >= 11 is 0. The van der Waals surface area contributed by atoms with Gasteiger partial charge in [0.2, 0.25) is 10.0 Å². The fraction of sp³-hybridized carbons (Fsp3) is 0.350. The molecule has 0 aromatic heterocycles. The van der Waals surface area contributed by atoms with E-state index in [0.29, 0.717) is 11.3 Å². The molecule has 0 spiro atoms. The molecule has 3 rings (SSSR count). The van der Waals surface area contributed by atoms with Gasteiger partial charge in [0.25, 0.3) is 17.3 Å². The van der Waals surface area contributed by atoms with E-state index < -0.39 is 25.8 Å². The standard InChI is InChI=1S/C20H23N5O7S/c1-14-4-5-16(25(29)30)13-19(14)33(31,32)23-10-8-22(9-11-23)20(26)17-12-15(24(27)28)6-7-18(17)21(2)3/h4-7,12-13H,8-11H2,1-3H3. The number of piperazine rings is 1. The van der Waals surface area contributed by atoms with Crippen molar-refractivity contribution in [1.82, 2.24) is 9.21 Å². The molecule has 0 N–H and O–H groups in total. The van der Waals surface area contributed by atoms with Gasteiger partial charge in [-0.15, -0.1) is 0 Å². The zero-order chi connectivity index (χ0) is 24.5. The summed E-state index contributed by atoms with van der Waals surface area (Å²) in [6.07, 6.45) is 0. The number of aryl methyl sites for hydroxylation is 1. The first kappa shape index (κ1) is 24.1. The van der Waals surface area contributed by atoms with Crippen LogP contribution in [0.3, 0.4) is 0 Å². The van der Waals surface area contributed by atoms with E-state index in [-0.39, 0.29) is 48.0 Å². The molecule has 1 saturated heterocycles. The van der Waals surface area contributed by atoms with Gasteiger partial charge in [-0.3, -0.25) is 25.0 Å². The molecule has 0 unspecified atom stereocenters. The molecular weight excluding hydrogens is 454 g/mol. The van der Waals surface area contributed by atoms with Crippen LogP contribution in [-0.2, 0) is 10.0 Å². The van der Waals surface area contributed by atoms with E-state index in [0.717, 1.165) is 6.07 Å². The van der Waals surface area contributed by atoms with Crippen molar-refractivity contribution in [2.24, 2.45) is 0 Å². The van der Waals surface area contributed by atoms with Crippen LogP contribution in [0, 0.1) is 27.2 Å². The van der Waals surface area contributed by atoms with Crippen LogP contribution in [0.2, 0.25) is 0 Å². The average molecular weight is 477 g/mol. The second-order valence-corrected chi connectivity index (χ2v) is 9.66. The van der Waals surface area contributed by atoms with E-state index in [9.17, 15) is 33.4 Å². The molecule has 0 saturated carbocycles. The van der Waals surface area contributed by atoms with Crippen LogP contribution in [0.25, 0.3) is 0 Å². The lowest BCUT2D eigenvalue weighted by atomic mass is 10.1. The zero-order valence-corrected chi connectivity index (χ0v) is 19.1. The maximum absolute atomic E-state index is 13.1. The summed E-state index contributed by atoms with van der Waals surface area (Å²) < 4.78 is 27.4. The van der Waals surface area contributed by atoms with Crippen LogP contribution >= 0.6 is 0 Å². The summed E-state index contributed by atoms with van der Waals surface area (Å²) in [6, 6.07) is 7.69. The second kappa shape index (κ2) is 9.11. The number of nitro groups is 2. The number of benzene rings is 2. The Hall–Kier alpha value is -3.58. The number of non-ortho nitro benzene ring substituents is 2. The highest BCUT2D eigenvalue weighted by Gasteiger charge is 2.33. The van der Waals surface area contributed by atoms with Crippen molar-refractivity contribution in [3.05, 3.63) is 67.8 Å². The molecule has 0 aliphatic carbocycles. The van der Waals surface area contributed by atoms with Crippen LogP contribution in [-0.4, -0.2) is 73.7 Å². The van der Waals surface area contributed by atoms with Crippen molar-refractivity contribution in [3.63, 3.8) is 0 Å². The third kappa shape index (κ3) is 4.78. The van der Waals surface area contributed by atoms with E-state index >= 15 is 0 Å². The van der Waals surface area contributed by atoms with E-state index in [1.54, 1.807) is 25.9 Å². The van der Waals surface area contributed by atoms with Gasteiger partial charge in [-0.1, -0.05) is 6.07 Å². The van der Waals surface area contributed by atoms with Crippen molar-refractivity contribution < 1.29 is 23.1 Å². The molecular formula is C20H23N5O7S. The first-order chi connectivity index (χ1) is 15.4. The number of carbonyl (C=O) groups excluding carboxylic acids is 1. The molecule has 0 radical (unpaired) electrons. The summed E-state index contributed by atoms with van der Waals surface area (Å²) in [5.74, 6) is -0.439. The number of nitrogens with zero attached hydrogens (tertiary/aromatic N) is 5. The van der Waals surface area contributed by atoms with Gasteiger partial charge in [-0.2, -0.15) is 4.31 Å². The van der Waals surface area contributed by atoms with Crippen molar-refractivity contribution in [3.8, 4) is 0 Å². The summed E-state index contributed by atoms with van der Waals surface area (Å²) in [7, 11) is -0.584. The van der Waals surface area contributed by atoms with Gasteiger partial charge >= 0.3 is 0 Å². The number of nitro benzene ring substituents is 2. The maximum Gasteiger partial charge on any atom is 0.270 e. The molecule has 176 valence electrons. The quantitative estimate of drug-likeness (QED) is 0.453. The predicted octanol–water partition coefficient (Wildman–Crippen LogP) is 2.02. The smallest absolute Gasteiger partial charge is 0.270 e. The number of anilines is 1. The number of sulfonamides is 1. The molecule has 13 heteroatoms. The first-order valence-corrected chi connectivity index (χ1v) is 11.4. The van der Waals surface area contributed by atoms with Gasteiger partial charge in [-0.25, -0.2) is 8.42 Å². The van der Waals surface area contributed by atoms with Gasteiger partial charge < -0.3 is 9.80 Å². The Labute approximate surface area is 190 Å². The third-order valence-corrected chi connectivity index (χ3v) is 7.47. The molecule has 1 amide bonds. The lowest BCUT2D eigenvalue weighted by Crippen LogP contribution is -2.50. The van der Waals surface area contributed by atoms with Crippen molar-refractivity contribution in [1.29, 1.82) is 0 Å². The van der Waals surface area contributed by atoms with Gasteiger partial charge in [0.05, 0.1) is 20.3 Å². The highest BCUT2D eigenvalue weighted by Crippen LogP contribution is 2.28. The first-order valence-electron chi connectivity index (χ1n) is 9.93. The van der Waals surface area contributed by atoms with Crippen LogP contribution in [0.5, 0.6) is 0 Å². The van der Waals surface area contributed by atoms with E-state index in [1.807, 2.05) is 0 Å². The molecule has 0 bridgehead atoms. The Morgan fingerprint density at radius 3 is 2.03 bits per heavy atom. The molecule has 2 aromatic rings. The van der Waals surface area contributed by atoms with Crippen LogP contribution < -0.4 is 4.90 Å². The van der Waals surface area contributed by atoms with E-state index in [2.05, 4.69) is 0 Å². The van der Waals surface area contributed by atoms with Gasteiger partial charge in [0.1, 0.15) is 0 Å². The van der Waals surface area contributed by atoms with E-state index in [4.69, 9.17) is 0 Å². The minimum atomic E-state index is -4.01. The molecule has 1 heterocycles. The van der Waals surface area contributed by atoms with Crippen molar-refractivity contribution in [2.45, 2.75) is 11.8 Å². The number of hydrogen-bond acceptors (Lipinski definition) is 8. The summed E-state index contributed by atoms with van der Waals surface area (Å²) in [6.45, 7) is 1.68. The minimum absolute atomic E-state index is 0.0115. The molecule has 12 nitrogen and oxygen atoms in total. The lowest BCUT2D eigenvalue weighted by molar-refractivity contribution is -0.385. The summed E-state index contributed by atoms with van der Waals surface area (Å²) in [5, 5.41) is 22.2. The van der Waals surface area contributed by atoms with Crippen LogP contribution in [0.4, 0.5) is 17.1 Å². The Kier molecular flexibility index (Phi) is 6.65. The van der Waals surface area contributed by atoms with Crippen molar-refractivity contribution >= 4 is 33.0 Å². The molecule has 33 heavy (non-hydrogen) atoms. The summed E-state index contributed by atoms with van der Waals surface area (Å²) in [5.41, 5.74) is 0.500. The number of hydrogen-bond donors (Lipinski definition) is 0. The highest BCUT2D eigenvalue weighted by atomic mass is 32.2. The average Bonchev–Trinajstić information content (AvgIpc) is 2.78. The van der Waals surface area contributed by atoms with E-state index in [1.165, 1.54) is 39.5 Å². The molecule has 1 fully saturated rings. The second-order valence-electron chi connectivity index (χ2n) is 7.76. The molecule has 1 aliphatic heterocycles. The van der Waals surface area contributed by atoms with Crippen LogP contribution in [0.1, 0.15) is 15.9 Å². The van der Waals surface area contributed by atoms with Crippen molar-refractivity contribution in [2.75, 3.05) is 45.2 Å². The van der Waals surface area contributed by atoms with Gasteiger partial charge in [-0.05, 0) is 18.6 Å². The fourth-order valence-corrected chi connectivity index (χ4v) is 5.29. The van der Waals surface area contributed by atoms with Gasteiger partial charge in [0, 0.05) is 70.2 Å². The Balaban J connectivity index is 1.82. The Bertz CT molecular complexity index is 1220. The Morgan fingerprint density at radius 1 is 0.939 bits per heavy atom. The minimum Gasteiger partial charge on any atom is -0.377 e. The topological polar surface area (TPSA) is 147 Å². The fourth-order valence-electron chi connectivity index (χ4n) is 3.62. The molecule has 2 aromatic carbocycles. The normalized spacial score (nSPS) is 14.7. The molecule has 0 atom stereocenters. The molecule has 1 aliphatic rings. The lowest BCUT2D eigenvalue weighted by Gasteiger charge is -2.34. The number of amides is 1. The summed E-state index contributed by atoms with van der Waals surface area (Å²) in [4.78, 5) is 37.1.